The fourth-order valence-corrected chi connectivity index (χ4v) is 2.46. The average Bonchev–Trinajstić information content (AvgIpc) is 2.73. The Morgan fingerprint density at radius 2 is 2.09 bits per heavy atom. The van der Waals surface area contributed by atoms with Gasteiger partial charge in [-0.2, -0.15) is 0 Å². The molecular formula is C17H17N3O2. The van der Waals surface area contributed by atoms with E-state index >= 15 is 0 Å². The van der Waals surface area contributed by atoms with Crippen molar-refractivity contribution in [3.63, 3.8) is 0 Å². The molecule has 0 aliphatic carbocycles. The fraction of sp³-hybridized carbons (Fsp3) is 0.176. The number of nitrogens with one attached hydrogen (secondary N) is 1. The van der Waals surface area contributed by atoms with E-state index in [9.17, 15) is 9.90 Å². The maximum atomic E-state index is 12.1. The third kappa shape index (κ3) is 2.79. The van der Waals surface area contributed by atoms with Crippen molar-refractivity contribution in [2.75, 3.05) is 5.32 Å². The first kappa shape index (κ1) is 14.1. The van der Waals surface area contributed by atoms with E-state index in [1.54, 1.807) is 18.2 Å². The number of phenolic OH excluding ortho intramolecular Hbond substituents is 1. The zero-order valence-electron chi connectivity index (χ0n) is 12.5. The van der Waals surface area contributed by atoms with E-state index in [4.69, 9.17) is 0 Å². The molecule has 0 radical (unpaired) electrons. The van der Waals surface area contributed by atoms with Gasteiger partial charge in [-0.15, -0.1) is 0 Å². The summed E-state index contributed by atoms with van der Waals surface area (Å²) in [5.41, 5.74) is 3.38. The maximum Gasteiger partial charge on any atom is 0.228 e. The molecule has 3 aromatic rings. The molecule has 0 atom stereocenters. The number of rotatable bonds is 3. The number of hydrogen-bond acceptors (Lipinski definition) is 3. The van der Waals surface area contributed by atoms with Crippen molar-refractivity contribution in [3.05, 3.63) is 53.9 Å². The smallest absolute Gasteiger partial charge is 0.228 e. The van der Waals surface area contributed by atoms with Gasteiger partial charge in [0.1, 0.15) is 11.6 Å². The molecule has 0 fully saturated rings. The molecular weight excluding hydrogens is 278 g/mol. The summed E-state index contributed by atoms with van der Waals surface area (Å²) in [5.74, 6) is 0.964. The van der Waals surface area contributed by atoms with Gasteiger partial charge in [-0.05, 0) is 42.8 Å². The minimum absolute atomic E-state index is 0.127. The van der Waals surface area contributed by atoms with Crippen molar-refractivity contribution in [1.29, 1.82) is 0 Å². The van der Waals surface area contributed by atoms with E-state index < -0.39 is 0 Å². The molecule has 2 aromatic carbocycles. The van der Waals surface area contributed by atoms with Crippen LogP contribution in [0.1, 0.15) is 11.4 Å². The van der Waals surface area contributed by atoms with Crippen molar-refractivity contribution in [3.8, 4) is 5.75 Å². The lowest BCUT2D eigenvalue weighted by Crippen LogP contribution is -2.14. The molecule has 3 rings (SSSR count). The second-order valence-electron chi connectivity index (χ2n) is 5.32. The number of aromatic nitrogens is 2. The number of phenols is 1. The molecule has 0 aliphatic rings. The summed E-state index contributed by atoms with van der Waals surface area (Å²) in [6, 6.07) is 12.4. The Morgan fingerprint density at radius 1 is 1.27 bits per heavy atom. The SMILES string of the molecule is Cc1nc2cc(NC(=O)Cc3cccc(O)c3)ccc2n1C. The van der Waals surface area contributed by atoms with E-state index in [2.05, 4.69) is 10.3 Å². The number of anilines is 1. The Kier molecular flexibility index (Phi) is 3.55. The van der Waals surface area contributed by atoms with Crippen LogP contribution in [0.25, 0.3) is 11.0 Å². The Morgan fingerprint density at radius 3 is 2.86 bits per heavy atom. The van der Waals surface area contributed by atoms with E-state index in [-0.39, 0.29) is 18.1 Å². The lowest BCUT2D eigenvalue weighted by molar-refractivity contribution is -0.115. The summed E-state index contributed by atoms with van der Waals surface area (Å²) in [5, 5.41) is 12.3. The number of fused-ring (bicyclic) bond motifs is 1. The van der Waals surface area contributed by atoms with Crippen LogP contribution in [-0.2, 0) is 18.3 Å². The molecule has 1 heterocycles. The zero-order chi connectivity index (χ0) is 15.7. The van der Waals surface area contributed by atoms with Gasteiger partial charge in [0.2, 0.25) is 5.91 Å². The van der Waals surface area contributed by atoms with Crippen LogP contribution in [-0.4, -0.2) is 20.6 Å². The number of carbonyl (C=O) groups is 1. The number of amides is 1. The third-order valence-corrected chi connectivity index (χ3v) is 3.66. The number of aryl methyl sites for hydroxylation is 2. The van der Waals surface area contributed by atoms with Crippen LogP contribution in [0.2, 0.25) is 0 Å². The molecule has 1 amide bonds. The van der Waals surface area contributed by atoms with Crippen molar-refractivity contribution >= 4 is 22.6 Å². The summed E-state index contributed by atoms with van der Waals surface area (Å²) in [6.07, 6.45) is 0.216. The van der Waals surface area contributed by atoms with Gasteiger partial charge in [-0.3, -0.25) is 4.79 Å². The molecule has 1 aromatic heterocycles. The van der Waals surface area contributed by atoms with E-state index in [0.717, 1.165) is 28.1 Å². The lowest BCUT2D eigenvalue weighted by atomic mass is 10.1. The van der Waals surface area contributed by atoms with Crippen molar-refractivity contribution in [2.24, 2.45) is 7.05 Å². The van der Waals surface area contributed by atoms with Crippen LogP contribution in [0.15, 0.2) is 42.5 Å². The summed E-state index contributed by atoms with van der Waals surface area (Å²) in [7, 11) is 1.96. The zero-order valence-corrected chi connectivity index (χ0v) is 12.5. The Balaban J connectivity index is 1.76. The molecule has 2 N–H and O–H groups in total. The highest BCUT2D eigenvalue weighted by Crippen LogP contribution is 2.20. The third-order valence-electron chi connectivity index (χ3n) is 3.66. The van der Waals surface area contributed by atoms with Crippen LogP contribution >= 0.6 is 0 Å². The minimum atomic E-state index is -0.127. The largest absolute Gasteiger partial charge is 0.508 e. The number of carbonyl (C=O) groups excluding carboxylic acids is 1. The van der Waals surface area contributed by atoms with Gasteiger partial charge in [0.25, 0.3) is 0 Å². The molecule has 22 heavy (non-hydrogen) atoms. The predicted octanol–water partition coefficient (Wildman–Crippen LogP) is 2.77. The molecule has 0 saturated carbocycles. The second-order valence-corrected chi connectivity index (χ2v) is 5.32. The molecule has 112 valence electrons. The summed E-state index contributed by atoms with van der Waals surface area (Å²) >= 11 is 0. The molecule has 0 unspecified atom stereocenters. The topological polar surface area (TPSA) is 67.2 Å². The molecule has 0 bridgehead atoms. The van der Waals surface area contributed by atoms with Crippen LogP contribution in [0, 0.1) is 6.92 Å². The number of hydrogen-bond donors (Lipinski definition) is 2. The maximum absolute atomic E-state index is 12.1. The predicted molar refractivity (Wildman–Crippen MR) is 85.9 cm³/mol. The Hall–Kier alpha value is -2.82. The van der Waals surface area contributed by atoms with Crippen molar-refractivity contribution < 1.29 is 9.90 Å². The van der Waals surface area contributed by atoms with Gasteiger partial charge in [0.05, 0.1) is 17.5 Å². The van der Waals surface area contributed by atoms with E-state index in [1.165, 1.54) is 0 Å². The molecule has 0 aliphatic heterocycles. The van der Waals surface area contributed by atoms with Crippen LogP contribution < -0.4 is 5.32 Å². The lowest BCUT2D eigenvalue weighted by Gasteiger charge is -2.06. The summed E-state index contributed by atoms with van der Waals surface area (Å²) < 4.78 is 2.01. The van der Waals surface area contributed by atoms with Crippen LogP contribution in [0.3, 0.4) is 0 Å². The van der Waals surface area contributed by atoms with Crippen LogP contribution in [0.5, 0.6) is 5.75 Å². The number of benzene rings is 2. The van der Waals surface area contributed by atoms with Gasteiger partial charge >= 0.3 is 0 Å². The first-order valence-electron chi connectivity index (χ1n) is 7.04. The van der Waals surface area contributed by atoms with Gasteiger partial charge in [-0.25, -0.2) is 4.98 Å². The molecule has 0 spiro atoms. The standard InChI is InChI=1S/C17H17N3O2/c1-11-18-15-10-13(6-7-16(15)20(11)2)19-17(22)9-12-4-3-5-14(21)8-12/h3-8,10,21H,9H2,1-2H3,(H,19,22). The Labute approximate surface area is 128 Å². The van der Waals surface area contributed by atoms with Crippen molar-refractivity contribution in [1.82, 2.24) is 9.55 Å². The van der Waals surface area contributed by atoms with Gasteiger partial charge in [0, 0.05) is 12.7 Å². The Bertz CT molecular complexity index is 852. The average molecular weight is 295 g/mol. The number of nitrogens with zero attached hydrogens (tertiary/aromatic N) is 2. The van der Waals surface area contributed by atoms with Crippen molar-refractivity contribution in [2.45, 2.75) is 13.3 Å². The first-order chi connectivity index (χ1) is 10.5. The van der Waals surface area contributed by atoms with E-state index in [1.807, 2.05) is 42.8 Å². The highest BCUT2D eigenvalue weighted by molar-refractivity contribution is 5.94. The molecule has 0 saturated heterocycles. The van der Waals surface area contributed by atoms with Gasteiger partial charge < -0.3 is 15.0 Å². The molecule has 5 heteroatoms. The van der Waals surface area contributed by atoms with Crippen LogP contribution in [0.4, 0.5) is 5.69 Å². The quantitative estimate of drug-likeness (QED) is 0.780. The minimum Gasteiger partial charge on any atom is -0.508 e. The highest BCUT2D eigenvalue weighted by atomic mass is 16.3. The monoisotopic (exact) mass is 295 g/mol. The summed E-state index contributed by atoms with van der Waals surface area (Å²) in [6.45, 7) is 1.94. The van der Waals surface area contributed by atoms with E-state index in [0.29, 0.717) is 0 Å². The van der Waals surface area contributed by atoms with Gasteiger partial charge in [-0.1, -0.05) is 12.1 Å². The normalized spacial score (nSPS) is 10.8. The highest BCUT2D eigenvalue weighted by Gasteiger charge is 2.08. The first-order valence-corrected chi connectivity index (χ1v) is 7.04. The fourth-order valence-electron chi connectivity index (χ4n) is 2.46. The summed E-state index contributed by atoms with van der Waals surface area (Å²) in [4.78, 5) is 16.5. The number of imidazole rings is 1. The second kappa shape index (κ2) is 5.52. The van der Waals surface area contributed by atoms with Gasteiger partial charge in [0.15, 0.2) is 0 Å². The number of aromatic hydroxyl groups is 1. The molecule has 5 nitrogen and oxygen atoms in total.